The average molecular weight is 342 g/mol. The Morgan fingerprint density at radius 2 is 1.67 bits per heavy atom. The van der Waals surface area contributed by atoms with Crippen LogP contribution in [0.4, 0.5) is 0 Å². The summed E-state index contributed by atoms with van der Waals surface area (Å²) in [6.07, 6.45) is 1.93. The van der Waals surface area contributed by atoms with E-state index < -0.39 is 0 Å². The minimum atomic E-state index is -0.122. The summed E-state index contributed by atoms with van der Waals surface area (Å²) in [5, 5.41) is 11.7. The van der Waals surface area contributed by atoms with E-state index in [1.165, 1.54) is 0 Å². The number of hydrogen-bond donors (Lipinski definition) is 3. The van der Waals surface area contributed by atoms with Crippen LogP contribution in [-0.4, -0.2) is 5.11 Å². The molecule has 3 N–H and O–H groups in total. The summed E-state index contributed by atoms with van der Waals surface area (Å²) >= 11 is 18.1. The van der Waals surface area contributed by atoms with Gasteiger partial charge in [0.05, 0.1) is 11.7 Å². The highest BCUT2D eigenvalue weighted by Gasteiger charge is 2.21. The summed E-state index contributed by atoms with van der Waals surface area (Å²) in [7, 11) is 0. The summed E-state index contributed by atoms with van der Waals surface area (Å²) in [4.78, 5) is 0. The molecule has 1 heterocycles. The smallest absolute Gasteiger partial charge is 0.125 e. The second-order valence-electron chi connectivity index (χ2n) is 4.65. The van der Waals surface area contributed by atoms with Crippen molar-refractivity contribution in [2.24, 2.45) is 0 Å². The molecule has 0 saturated heterocycles. The van der Waals surface area contributed by atoms with Crippen LogP contribution in [0.15, 0.2) is 42.5 Å². The highest BCUT2D eigenvalue weighted by molar-refractivity contribution is 6.35. The van der Waals surface area contributed by atoms with Gasteiger partial charge in [-0.2, -0.15) is 0 Å². The van der Waals surface area contributed by atoms with Gasteiger partial charge in [-0.15, -0.1) is 0 Å². The maximum Gasteiger partial charge on any atom is 0.125 e. The zero-order valence-electron chi connectivity index (χ0n) is 10.7. The van der Waals surface area contributed by atoms with Crippen molar-refractivity contribution in [3.63, 3.8) is 0 Å². The molecule has 108 valence electrons. The zero-order valence-corrected chi connectivity index (χ0v) is 13.0. The van der Waals surface area contributed by atoms with Crippen LogP contribution in [0.3, 0.4) is 0 Å². The quantitative estimate of drug-likeness (QED) is 0.751. The molecule has 0 aromatic heterocycles. The first-order valence-corrected chi connectivity index (χ1v) is 7.35. The number of hydrazine groups is 1. The summed E-state index contributed by atoms with van der Waals surface area (Å²) < 4.78 is 0. The molecule has 2 aromatic rings. The van der Waals surface area contributed by atoms with Crippen molar-refractivity contribution in [2.45, 2.75) is 6.04 Å². The number of aromatic hydroxyl groups is 1. The fourth-order valence-electron chi connectivity index (χ4n) is 2.21. The third kappa shape index (κ3) is 2.97. The molecule has 0 radical (unpaired) electrons. The second-order valence-corrected chi connectivity index (χ2v) is 5.93. The highest BCUT2D eigenvalue weighted by atomic mass is 35.5. The molecule has 0 saturated carbocycles. The normalized spacial score (nSPS) is 17.5. The van der Waals surface area contributed by atoms with Crippen molar-refractivity contribution in [1.29, 1.82) is 0 Å². The fraction of sp³-hybridized carbons (Fsp3) is 0.0667. The molecule has 0 bridgehead atoms. The van der Waals surface area contributed by atoms with Gasteiger partial charge in [-0.3, -0.25) is 0 Å². The largest absolute Gasteiger partial charge is 0.507 e. The Kier molecular flexibility index (Phi) is 4.00. The van der Waals surface area contributed by atoms with Crippen LogP contribution in [0.2, 0.25) is 15.1 Å². The Bertz CT molecular complexity index is 731. The standard InChI is InChI=1S/C15H11Cl3N2O/c16-8-2-4-15(21)11(5-8)14-7-13(19-20-14)10-3-1-9(17)6-12(10)18/h1-7,13,19-21H/t13-/m0/s1. The van der Waals surface area contributed by atoms with E-state index in [4.69, 9.17) is 34.8 Å². The molecule has 0 unspecified atom stereocenters. The second kappa shape index (κ2) is 5.78. The monoisotopic (exact) mass is 340 g/mol. The van der Waals surface area contributed by atoms with Crippen LogP contribution in [0.5, 0.6) is 5.75 Å². The van der Waals surface area contributed by atoms with Crippen LogP contribution >= 0.6 is 34.8 Å². The summed E-state index contributed by atoms with van der Waals surface area (Å²) in [6, 6.07) is 10.1. The Labute approximate surface area is 137 Å². The minimum absolute atomic E-state index is 0.122. The van der Waals surface area contributed by atoms with Crippen molar-refractivity contribution < 1.29 is 5.11 Å². The number of phenolic OH excluding ortho intramolecular Hbond substituents is 1. The first kappa shape index (κ1) is 14.5. The van der Waals surface area contributed by atoms with Gasteiger partial charge in [0.1, 0.15) is 5.75 Å². The summed E-state index contributed by atoms with van der Waals surface area (Å²) in [5.74, 6) is 0.155. The molecule has 3 rings (SSSR count). The molecule has 6 heteroatoms. The number of phenols is 1. The first-order valence-electron chi connectivity index (χ1n) is 6.22. The minimum Gasteiger partial charge on any atom is -0.507 e. The van der Waals surface area contributed by atoms with E-state index in [9.17, 15) is 5.11 Å². The lowest BCUT2D eigenvalue weighted by atomic mass is 10.0. The topological polar surface area (TPSA) is 44.3 Å². The highest BCUT2D eigenvalue weighted by Crippen LogP contribution is 2.34. The Balaban J connectivity index is 1.95. The summed E-state index contributed by atoms with van der Waals surface area (Å²) in [5.41, 5.74) is 8.40. The van der Waals surface area contributed by atoms with Gasteiger partial charge in [0.2, 0.25) is 0 Å². The van der Waals surface area contributed by atoms with Crippen LogP contribution in [0.25, 0.3) is 5.70 Å². The molecule has 1 aliphatic rings. The Morgan fingerprint density at radius 1 is 0.952 bits per heavy atom. The molecular formula is C15H11Cl3N2O. The van der Waals surface area contributed by atoms with E-state index in [0.717, 1.165) is 11.3 Å². The van der Waals surface area contributed by atoms with Gasteiger partial charge in [-0.25, -0.2) is 5.43 Å². The molecule has 0 aliphatic carbocycles. The SMILES string of the molecule is Oc1ccc(Cl)cc1C1=C[C@@H](c2ccc(Cl)cc2Cl)NN1. The Hall–Kier alpha value is -1.39. The van der Waals surface area contributed by atoms with Crippen LogP contribution < -0.4 is 10.9 Å². The van der Waals surface area contributed by atoms with Crippen molar-refractivity contribution in [2.75, 3.05) is 0 Å². The number of rotatable bonds is 2. The number of hydrogen-bond acceptors (Lipinski definition) is 3. The predicted octanol–water partition coefficient (Wildman–Crippen LogP) is 4.54. The van der Waals surface area contributed by atoms with Crippen LogP contribution in [-0.2, 0) is 0 Å². The van der Waals surface area contributed by atoms with E-state index in [1.807, 2.05) is 12.1 Å². The van der Waals surface area contributed by atoms with Gasteiger partial charge in [-0.1, -0.05) is 40.9 Å². The number of nitrogens with one attached hydrogen (secondary N) is 2. The van der Waals surface area contributed by atoms with Crippen molar-refractivity contribution >= 4 is 40.5 Å². The van der Waals surface area contributed by atoms with E-state index in [1.54, 1.807) is 30.3 Å². The first-order chi connectivity index (χ1) is 10.0. The maximum atomic E-state index is 9.93. The maximum absolute atomic E-state index is 9.93. The molecule has 2 aromatic carbocycles. The Morgan fingerprint density at radius 3 is 2.43 bits per heavy atom. The van der Waals surface area contributed by atoms with Gasteiger partial charge in [0, 0.05) is 20.6 Å². The predicted molar refractivity (Wildman–Crippen MR) is 86.6 cm³/mol. The lowest BCUT2D eigenvalue weighted by Crippen LogP contribution is -2.26. The van der Waals surface area contributed by atoms with E-state index in [2.05, 4.69) is 10.9 Å². The molecule has 1 atom stereocenters. The number of benzene rings is 2. The van der Waals surface area contributed by atoms with E-state index in [0.29, 0.717) is 20.6 Å². The van der Waals surface area contributed by atoms with Crippen LogP contribution in [0.1, 0.15) is 17.2 Å². The van der Waals surface area contributed by atoms with Gasteiger partial charge in [-0.05, 0) is 42.0 Å². The third-order valence-electron chi connectivity index (χ3n) is 3.24. The zero-order chi connectivity index (χ0) is 15.0. The molecule has 0 spiro atoms. The summed E-state index contributed by atoms with van der Waals surface area (Å²) in [6.45, 7) is 0. The molecule has 3 nitrogen and oxygen atoms in total. The van der Waals surface area contributed by atoms with Crippen LogP contribution in [0, 0.1) is 0 Å². The third-order valence-corrected chi connectivity index (χ3v) is 4.04. The van der Waals surface area contributed by atoms with Crippen molar-refractivity contribution in [1.82, 2.24) is 10.9 Å². The molecule has 21 heavy (non-hydrogen) atoms. The fourth-order valence-corrected chi connectivity index (χ4v) is 2.91. The van der Waals surface area contributed by atoms with E-state index >= 15 is 0 Å². The average Bonchev–Trinajstić information content (AvgIpc) is 2.91. The van der Waals surface area contributed by atoms with Gasteiger partial charge >= 0.3 is 0 Å². The van der Waals surface area contributed by atoms with Crippen molar-refractivity contribution in [3.8, 4) is 5.75 Å². The van der Waals surface area contributed by atoms with Gasteiger partial charge < -0.3 is 10.5 Å². The molecule has 0 fully saturated rings. The lowest BCUT2D eigenvalue weighted by molar-refractivity contribution is 0.473. The number of halogens is 3. The van der Waals surface area contributed by atoms with E-state index in [-0.39, 0.29) is 11.8 Å². The molecular weight excluding hydrogens is 331 g/mol. The molecule has 0 amide bonds. The van der Waals surface area contributed by atoms with Gasteiger partial charge in [0.15, 0.2) is 0 Å². The lowest BCUT2D eigenvalue weighted by Gasteiger charge is -2.11. The molecule has 1 aliphatic heterocycles. The van der Waals surface area contributed by atoms with Crippen molar-refractivity contribution in [3.05, 3.63) is 68.7 Å². The van der Waals surface area contributed by atoms with Gasteiger partial charge in [0.25, 0.3) is 0 Å².